The number of aromatic nitrogens is 3. The van der Waals surface area contributed by atoms with Crippen molar-refractivity contribution in [3.05, 3.63) is 38.7 Å². The molecule has 0 atom stereocenters. The summed E-state index contributed by atoms with van der Waals surface area (Å²) >= 11 is 20.4. The number of hydrogen-bond acceptors (Lipinski definition) is 3. The van der Waals surface area contributed by atoms with Crippen molar-refractivity contribution in [1.29, 1.82) is 0 Å². The molecule has 2 heterocycles. The van der Waals surface area contributed by atoms with Gasteiger partial charge in [0.25, 0.3) is 5.24 Å². The van der Waals surface area contributed by atoms with Crippen molar-refractivity contribution in [3.8, 4) is 5.82 Å². The molecule has 0 radical (unpaired) electrons. The summed E-state index contributed by atoms with van der Waals surface area (Å²) in [5.41, 5.74) is 0.0146. The van der Waals surface area contributed by atoms with Gasteiger partial charge in [-0.05, 0) is 39.7 Å². The molecule has 17 heavy (non-hydrogen) atoms. The molecule has 0 bridgehead atoms. The quantitative estimate of drug-likeness (QED) is 0.772. The van der Waals surface area contributed by atoms with E-state index in [-0.39, 0.29) is 16.5 Å². The molecule has 0 saturated heterocycles. The van der Waals surface area contributed by atoms with Crippen LogP contribution in [0.3, 0.4) is 0 Å². The lowest BCUT2D eigenvalue weighted by molar-refractivity contribution is 0.107. The van der Waals surface area contributed by atoms with Crippen molar-refractivity contribution >= 4 is 56.0 Å². The number of carbonyl (C=O) groups excluding carboxylic acids is 1. The van der Waals surface area contributed by atoms with Crippen LogP contribution in [0.15, 0.2) is 22.9 Å². The zero-order valence-corrected chi connectivity index (χ0v) is 11.8. The Hall–Kier alpha value is -0.620. The first-order valence-electron chi connectivity index (χ1n) is 4.27. The zero-order valence-electron chi connectivity index (χ0n) is 7.99. The first-order valence-corrected chi connectivity index (χ1v) is 6.19. The topological polar surface area (TPSA) is 47.8 Å². The Morgan fingerprint density at radius 3 is 2.71 bits per heavy atom. The van der Waals surface area contributed by atoms with E-state index in [0.717, 1.165) is 0 Å². The Kier molecular flexibility index (Phi) is 3.73. The van der Waals surface area contributed by atoms with Gasteiger partial charge in [-0.1, -0.05) is 23.2 Å². The second kappa shape index (κ2) is 4.94. The Morgan fingerprint density at radius 1 is 1.41 bits per heavy atom. The normalized spacial score (nSPS) is 10.6. The summed E-state index contributed by atoms with van der Waals surface area (Å²) in [6.45, 7) is 0. The van der Waals surface area contributed by atoms with Gasteiger partial charge in [0.2, 0.25) is 0 Å². The summed E-state index contributed by atoms with van der Waals surface area (Å²) in [7, 11) is 0. The minimum atomic E-state index is -0.741. The van der Waals surface area contributed by atoms with E-state index in [2.05, 4.69) is 26.0 Å². The average molecular weight is 355 g/mol. The average Bonchev–Trinajstić information content (AvgIpc) is 2.56. The van der Waals surface area contributed by atoms with Crippen LogP contribution in [0.25, 0.3) is 5.82 Å². The maximum absolute atomic E-state index is 11.3. The van der Waals surface area contributed by atoms with Crippen molar-refractivity contribution in [1.82, 2.24) is 14.8 Å². The third-order valence-electron chi connectivity index (χ3n) is 1.91. The Bertz CT molecular complexity index is 599. The molecule has 0 N–H and O–H groups in total. The Balaban J connectivity index is 2.72. The molecule has 2 rings (SSSR count). The first kappa shape index (κ1) is 12.8. The Morgan fingerprint density at radius 2 is 2.12 bits per heavy atom. The molecule has 4 nitrogen and oxygen atoms in total. The van der Waals surface area contributed by atoms with Gasteiger partial charge >= 0.3 is 0 Å². The number of carbonyl (C=O) groups is 1. The lowest BCUT2D eigenvalue weighted by Crippen LogP contribution is -2.07. The number of hydrogen-bond donors (Lipinski definition) is 0. The molecule has 88 valence electrons. The molecule has 0 saturated carbocycles. The van der Waals surface area contributed by atoms with E-state index in [0.29, 0.717) is 9.63 Å². The highest BCUT2D eigenvalue weighted by atomic mass is 79.9. The maximum Gasteiger partial charge on any atom is 0.272 e. The highest BCUT2D eigenvalue weighted by Gasteiger charge is 2.22. The summed E-state index contributed by atoms with van der Waals surface area (Å²) in [5, 5.41) is 3.72. The van der Waals surface area contributed by atoms with Crippen LogP contribution in [0.5, 0.6) is 0 Å². The van der Waals surface area contributed by atoms with Gasteiger partial charge in [-0.25, -0.2) is 9.67 Å². The van der Waals surface area contributed by atoms with Crippen LogP contribution in [-0.2, 0) is 0 Å². The summed E-state index contributed by atoms with van der Waals surface area (Å²) in [6.07, 6.45) is 1.52. The second-order valence-electron chi connectivity index (χ2n) is 2.95. The van der Waals surface area contributed by atoms with Gasteiger partial charge in [0.1, 0.15) is 15.3 Å². The third kappa shape index (κ3) is 2.33. The summed E-state index contributed by atoms with van der Waals surface area (Å²) < 4.78 is 1.49. The van der Waals surface area contributed by atoms with E-state index in [1.54, 1.807) is 12.1 Å². The molecule has 0 aromatic carbocycles. The predicted octanol–water partition coefficient (Wildman–Crippen LogP) is 3.72. The molecule has 8 heteroatoms. The lowest BCUT2D eigenvalue weighted by Gasteiger charge is -2.04. The van der Waals surface area contributed by atoms with Crippen LogP contribution in [-0.4, -0.2) is 20.0 Å². The van der Waals surface area contributed by atoms with Crippen LogP contribution in [0.2, 0.25) is 10.0 Å². The fourth-order valence-electron chi connectivity index (χ4n) is 1.23. The largest absolute Gasteiger partial charge is 0.274 e. The highest BCUT2D eigenvalue weighted by Crippen LogP contribution is 2.30. The van der Waals surface area contributed by atoms with Crippen LogP contribution < -0.4 is 0 Å². The summed E-state index contributed by atoms with van der Waals surface area (Å²) in [6, 6.07) is 3.28. The third-order valence-corrected chi connectivity index (χ3v) is 3.53. The fraction of sp³-hybridized carbons (Fsp3) is 0. The molecule has 2 aromatic rings. The molecular formula is C9H3BrCl3N3O. The van der Waals surface area contributed by atoms with Crippen molar-refractivity contribution in [2.75, 3.05) is 0 Å². The van der Waals surface area contributed by atoms with E-state index < -0.39 is 5.24 Å². The summed E-state index contributed by atoms with van der Waals surface area (Å²) in [5.74, 6) is 0.283. The fourth-order valence-corrected chi connectivity index (χ4v) is 2.20. The molecule has 0 spiro atoms. The smallest absolute Gasteiger partial charge is 0.272 e. The lowest BCUT2D eigenvalue weighted by atomic mass is 10.4. The van der Waals surface area contributed by atoms with Gasteiger partial charge in [-0.15, -0.1) is 0 Å². The van der Waals surface area contributed by atoms with Crippen LogP contribution in [0.1, 0.15) is 10.5 Å². The maximum atomic E-state index is 11.3. The molecule has 2 aromatic heterocycles. The van der Waals surface area contributed by atoms with Gasteiger partial charge in [-0.3, -0.25) is 4.79 Å². The van der Waals surface area contributed by atoms with Gasteiger partial charge in [0.15, 0.2) is 5.82 Å². The van der Waals surface area contributed by atoms with Gasteiger partial charge in [-0.2, -0.15) is 5.10 Å². The second-order valence-corrected chi connectivity index (χ2v) is 4.83. The van der Waals surface area contributed by atoms with Crippen LogP contribution >= 0.6 is 50.7 Å². The number of rotatable bonds is 2. The highest BCUT2D eigenvalue weighted by molar-refractivity contribution is 9.10. The molecular weight excluding hydrogens is 352 g/mol. The van der Waals surface area contributed by atoms with Crippen molar-refractivity contribution in [2.45, 2.75) is 0 Å². The van der Waals surface area contributed by atoms with Crippen LogP contribution in [0, 0.1) is 0 Å². The van der Waals surface area contributed by atoms with Gasteiger partial charge in [0.05, 0.1) is 5.02 Å². The van der Waals surface area contributed by atoms with Crippen molar-refractivity contribution < 1.29 is 4.79 Å². The van der Waals surface area contributed by atoms with E-state index >= 15 is 0 Å². The van der Waals surface area contributed by atoms with Gasteiger partial charge < -0.3 is 0 Å². The van der Waals surface area contributed by atoms with E-state index in [1.165, 1.54) is 10.9 Å². The van der Waals surface area contributed by atoms with E-state index in [9.17, 15) is 4.79 Å². The monoisotopic (exact) mass is 353 g/mol. The molecule has 0 fully saturated rings. The molecule has 0 aliphatic rings. The van der Waals surface area contributed by atoms with E-state index in [4.69, 9.17) is 34.8 Å². The van der Waals surface area contributed by atoms with Crippen LogP contribution in [0.4, 0.5) is 0 Å². The minimum Gasteiger partial charge on any atom is -0.274 e. The standard InChI is InChI=1S/C9H3BrCl3N3O/c10-7-5(12)6(8(13)17)16(15-7)9-4(11)2-1-3-14-9/h1-3H. The van der Waals surface area contributed by atoms with Crippen molar-refractivity contribution in [3.63, 3.8) is 0 Å². The SMILES string of the molecule is O=C(Cl)c1c(Cl)c(Br)nn1-c1ncccc1Cl. The Labute approximate surface area is 120 Å². The van der Waals surface area contributed by atoms with Crippen molar-refractivity contribution in [2.24, 2.45) is 0 Å². The number of halogens is 4. The van der Waals surface area contributed by atoms with Gasteiger partial charge in [0, 0.05) is 6.20 Å². The van der Waals surface area contributed by atoms with E-state index in [1.807, 2.05) is 0 Å². The summed E-state index contributed by atoms with van der Waals surface area (Å²) in [4.78, 5) is 15.3. The minimum absolute atomic E-state index is 0.0146. The molecule has 0 unspecified atom stereocenters. The predicted molar refractivity (Wildman–Crippen MR) is 69.3 cm³/mol. The zero-order chi connectivity index (χ0) is 12.6. The first-order chi connectivity index (χ1) is 8.02. The number of nitrogens with zero attached hydrogens (tertiary/aromatic N) is 3. The molecule has 0 amide bonds. The molecule has 0 aliphatic carbocycles. The molecule has 0 aliphatic heterocycles. The number of pyridine rings is 1.